The van der Waals surface area contributed by atoms with E-state index in [4.69, 9.17) is 0 Å². The highest BCUT2D eigenvalue weighted by Gasteiger charge is 2.41. The van der Waals surface area contributed by atoms with Gasteiger partial charge in [0.05, 0.1) is 19.0 Å². The van der Waals surface area contributed by atoms with Crippen LogP contribution in [-0.2, 0) is 18.5 Å². The molecule has 0 fully saturated rings. The van der Waals surface area contributed by atoms with Crippen molar-refractivity contribution in [1.82, 2.24) is 0 Å². The van der Waals surface area contributed by atoms with Crippen LogP contribution in [0.2, 0.25) is 13.1 Å². The molecule has 0 aliphatic heterocycles. The summed E-state index contributed by atoms with van der Waals surface area (Å²) in [5, 5.41) is 4.32. The van der Waals surface area contributed by atoms with Crippen molar-refractivity contribution in [2.24, 2.45) is 7.05 Å². The lowest BCUT2D eigenvalue weighted by Gasteiger charge is -2.41. The van der Waals surface area contributed by atoms with Crippen molar-refractivity contribution in [2.75, 3.05) is 0 Å². The molecule has 0 aliphatic rings. The first kappa shape index (κ1) is 23.4. The average Bonchev–Trinajstić information content (AvgIpc) is 2.81. The Morgan fingerprint density at radius 3 is 2.24 bits per heavy atom. The van der Waals surface area contributed by atoms with Gasteiger partial charge in [0.25, 0.3) is 0 Å². The van der Waals surface area contributed by atoms with E-state index in [2.05, 4.69) is 132 Å². The van der Waals surface area contributed by atoms with Crippen molar-refractivity contribution >= 4 is 24.0 Å². The van der Waals surface area contributed by atoms with Gasteiger partial charge in [-0.3, -0.25) is 0 Å². The fourth-order valence-corrected chi connectivity index (χ4v) is 7.68. The fraction of sp³-hybridized carbons (Fsp3) is 0.323. The Morgan fingerprint density at radius 2 is 1.58 bits per heavy atom. The van der Waals surface area contributed by atoms with Crippen LogP contribution in [0.25, 0.3) is 22.0 Å². The first-order valence-corrected chi connectivity index (χ1v) is 15.2. The molecule has 0 bridgehead atoms. The van der Waals surface area contributed by atoms with Gasteiger partial charge < -0.3 is 0 Å². The average molecular weight is 453 g/mol. The maximum atomic E-state index is 2.52. The summed E-state index contributed by atoms with van der Waals surface area (Å²) < 4.78 is 2.29. The van der Waals surface area contributed by atoms with E-state index in [-0.39, 0.29) is 5.04 Å². The van der Waals surface area contributed by atoms with E-state index in [0.717, 1.165) is 6.42 Å². The number of rotatable bonds is 5. The Labute approximate surface area is 201 Å². The first-order chi connectivity index (χ1) is 15.6. The molecule has 3 aromatic carbocycles. The van der Waals surface area contributed by atoms with E-state index in [9.17, 15) is 0 Å². The highest BCUT2D eigenvalue weighted by molar-refractivity contribution is 6.92. The molecule has 2 heteroatoms. The minimum Gasteiger partial charge on any atom is -0.200 e. The predicted octanol–water partition coefficient (Wildman–Crippen LogP) is 6.94. The van der Waals surface area contributed by atoms with E-state index in [0.29, 0.717) is 0 Å². The largest absolute Gasteiger partial charge is 0.220 e. The molecule has 1 nitrogen and oxygen atoms in total. The minimum absolute atomic E-state index is 0.132. The van der Waals surface area contributed by atoms with Gasteiger partial charge in [0, 0.05) is 6.07 Å². The van der Waals surface area contributed by atoms with Crippen molar-refractivity contribution in [3.05, 3.63) is 95.2 Å². The van der Waals surface area contributed by atoms with Crippen LogP contribution in [0.5, 0.6) is 0 Å². The zero-order valence-corrected chi connectivity index (χ0v) is 22.6. The number of hydrogen-bond acceptors (Lipinski definition) is 0. The molecule has 4 aromatic rings. The summed E-state index contributed by atoms with van der Waals surface area (Å²) >= 11 is 0. The number of nitrogens with zero attached hydrogens (tertiary/aromatic N) is 1. The molecule has 0 atom stereocenters. The van der Waals surface area contributed by atoms with Gasteiger partial charge in [-0.15, -0.1) is 0 Å². The molecule has 0 unspecified atom stereocenters. The minimum atomic E-state index is -1.82. The Hall–Kier alpha value is -2.71. The molecule has 0 radical (unpaired) electrons. The van der Waals surface area contributed by atoms with Gasteiger partial charge >= 0.3 is 0 Å². The van der Waals surface area contributed by atoms with Crippen LogP contribution in [0.1, 0.15) is 43.0 Å². The highest BCUT2D eigenvalue weighted by atomic mass is 28.3. The molecule has 4 rings (SSSR count). The third kappa shape index (κ3) is 3.95. The number of aryl methyl sites for hydroxylation is 3. The summed E-state index contributed by atoms with van der Waals surface area (Å²) in [5.74, 6) is 0. The number of pyridine rings is 1. The zero-order valence-electron chi connectivity index (χ0n) is 21.6. The van der Waals surface area contributed by atoms with Gasteiger partial charge in [-0.1, -0.05) is 87.6 Å². The molecule has 0 amide bonds. The summed E-state index contributed by atoms with van der Waals surface area (Å²) in [6.07, 6.45) is 3.28. The third-order valence-corrected chi connectivity index (χ3v) is 13.5. The van der Waals surface area contributed by atoms with Crippen molar-refractivity contribution in [3.8, 4) is 11.3 Å². The Balaban J connectivity index is 1.90. The summed E-state index contributed by atoms with van der Waals surface area (Å²) in [6.45, 7) is 16.6. The second-order valence-electron chi connectivity index (χ2n) is 10.6. The smallest absolute Gasteiger partial charge is 0.200 e. The number of aromatic nitrogens is 1. The topological polar surface area (TPSA) is 3.88 Å². The molecular formula is C31H38NSi+. The Bertz CT molecular complexity index is 1320. The van der Waals surface area contributed by atoms with Crippen LogP contribution < -0.4 is 9.75 Å². The van der Waals surface area contributed by atoms with Crippen molar-refractivity contribution in [2.45, 2.75) is 59.2 Å². The van der Waals surface area contributed by atoms with Crippen LogP contribution in [-0.4, -0.2) is 8.07 Å². The summed E-state index contributed by atoms with van der Waals surface area (Å²) in [6, 6.07) is 25.3. The maximum absolute atomic E-state index is 2.52. The molecule has 33 heavy (non-hydrogen) atoms. The van der Waals surface area contributed by atoms with Gasteiger partial charge in [-0.25, -0.2) is 4.57 Å². The van der Waals surface area contributed by atoms with E-state index in [1.54, 1.807) is 0 Å². The Morgan fingerprint density at radius 1 is 0.879 bits per heavy atom. The standard InChI is InChI=1S/C31H38NSi/c1-9-24-19-22(2)23(3)29(20-24)30-28-16-15-27(21-25(28)17-18-32(30)6)33(7,8)31(4,5)26-13-11-10-12-14-26/h10-21H,9H2,1-8H3/q+1. The predicted molar refractivity (Wildman–Crippen MR) is 146 cm³/mol. The fourth-order valence-electron chi connectivity index (χ4n) is 5.06. The Kier molecular flexibility index (Phi) is 6.09. The molecule has 1 heterocycles. The summed E-state index contributed by atoms with van der Waals surface area (Å²) in [4.78, 5) is 0. The van der Waals surface area contributed by atoms with E-state index in [1.807, 2.05) is 0 Å². The highest BCUT2D eigenvalue weighted by Crippen LogP contribution is 2.35. The lowest BCUT2D eigenvalue weighted by atomic mass is 9.93. The van der Waals surface area contributed by atoms with Gasteiger partial charge in [0.2, 0.25) is 5.69 Å². The van der Waals surface area contributed by atoms with E-state index < -0.39 is 8.07 Å². The summed E-state index contributed by atoms with van der Waals surface area (Å²) in [7, 11) is 0.357. The molecule has 1 aromatic heterocycles. The van der Waals surface area contributed by atoms with Gasteiger partial charge in [0.1, 0.15) is 7.05 Å². The lowest BCUT2D eigenvalue weighted by molar-refractivity contribution is -0.659. The second-order valence-corrected chi connectivity index (χ2v) is 15.7. The van der Waals surface area contributed by atoms with Crippen LogP contribution in [0.3, 0.4) is 0 Å². The third-order valence-electron chi connectivity index (χ3n) is 8.31. The molecule has 0 aliphatic carbocycles. The molecule has 0 saturated carbocycles. The quantitative estimate of drug-likeness (QED) is 0.228. The number of benzene rings is 3. The lowest BCUT2D eigenvalue weighted by Crippen LogP contribution is -2.57. The first-order valence-electron chi connectivity index (χ1n) is 12.2. The molecule has 0 spiro atoms. The number of hydrogen-bond donors (Lipinski definition) is 0. The van der Waals surface area contributed by atoms with E-state index in [1.165, 1.54) is 49.5 Å². The SMILES string of the molecule is CCc1cc(C)c(C)c(-c2c3ccc([Si](C)(C)C(C)(C)c4ccccc4)cc3cc[n+]2C)c1. The van der Waals surface area contributed by atoms with Crippen LogP contribution in [0, 0.1) is 13.8 Å². The molecule has 0 saturated heterocycles. The molecular weight excluding hydrogens is 414 g/mol. The van der Waals surface area contributed by atoms with Crippen LogP contribution in [0.4, 0.5) is 0 Å². The van der Waals surface area contributed by atoms with Gasteiger partial charge in [-0.05, 0) is 65.1 Å². The normalized spacial score (nSPS) is 12.4. The van der Waals surface area contributed by atoms with Crippen molar-refractivity contribution < 1.29 is 4.57 Å². The van der Waals surface area contributed by atoms with Crippen LogP contribution >= 0.6 is 0 Å². The maximum Gasteiger partial charge on any atom is 0.220 e. The van der Waals surface area contributed by atoms with E-state index >= 15 is 0 Å². The van der Waals surface area contributed by atoms with Crippen molar-refractivity contribution in [3.63, 3.8) is 0 Å². The zero-order chi connectivity index (χ0) is 24.0. The van der Waals surface area contributed by atoms with Crippen LogP contribution in [0.15, 0.2) is 72.9 Å². The molecule has 170 valence electrons. The summed E-state index contributed by atoms with van der Waals surface area (Å²) in [5.41, 5.74) is 8.25. The monoisotopic (exact) mass is 452 g/mol. The van der Waals surface area contributed by atoms with Gasteiger partial charge in [-0.2, -0.15) is 0 Å². The van der Waals surface area contributed by atoms with Crippen molar-refractivity contribution in [1.29, 1.82) is 0 Å². The molecule has 0 N–H and O–H groups in total. The number of fused-ring (bicyclic) bond motifs is 1. The second kappa shape index (κ2) is 8.57. The van der Waals surface area contributed by atoms with Gasteiger partial charge in [0.15, 0.2) is 6.20 Å².